The summed E-state index contributed by atoms with van der Waals surface area (Å²) in [7, 11) is 3.15. The number of piperazine rings is 1. The number of aromatic nitrogens is 2. The van der Waals surface area contributed by atoms with Crippen LogP contribution in [0, 0.1) is 13.8 Å². The van der Waals surface area contributed by atoms with E-state index >= 15 is 0 Å². The number of amides is 1. The number of anilines is 1. The van der Waals surface area contributed by atoms with Crippen LogP contribution < -0.4 is 14.4 Å². The third-order valence-corrected chi connectivity index (χ3v) is 4.60. The summed E-state index contributed by atoms with van der Waals surface area (Å²) in [6.45, 7) is 6.96. The normalized spacial score (nSPS) is 14.6. The fourth-order valence-electron chi connectivity index (χ4n) is 3.30. The second kappa shape index (κ2) is 7.04. The van der Waals surface area contributed by atoms with E-state index in [1.165, 1.54) is 0 Å². The Hall–Kier alpha value is -2.70. The summed E-state index contributed by atoms with van der Waals surface area (Å²) in [6.07, 6.45) is 0. The van der Waals surface area contributed by atoms with Crippen molar-refractivity contribution >= 4 is 11.6 Å². The predicted molar refractivity (Wildman–Crippen MR) is 95.7 cm³/mol. The number of hydrogen-bond donors (Lipinski definition) is 1. The fraction of sp³-hybridized carbons (Fsp3) is 0.444. The van der Waals surface area contributed by atoms with Gasteiger partial charge in [0.2, 0.25) is 0 Å². The summed E-state index contributed by atoms with van der Waals surface area (Å²) in [5.41, 5.74) is 3.83. The molecule has 2 aromatic rings. The molecular weight excluding hydrogens is 320 g/mol. The molecule has 3 rings (SSSR count). The number of H-pyrrole nitrogens is 1. The van der Waals surface area contributed by atoms with Gasteiger partial charge in [-0.1, -0.05) is 0 Å². The number of carbonyl (C=O) groups is 1. The Kier molecular flexibility index (Phi) is 4.83. The lowest BCUT2D eigenvalue weighted by Gasteiger charge is -2.36. The zero-order valence-corrected chi connectivity index (χ0v) is 15.1. The number of aromatic amines is 1. The van der Waals surface area contributed by atoms with E-state index in [1.54, 1.807) is 32.4 Å². The van der Waals surface area contributed by atoms with Gasteiger partial charge >= 0.3 is 0 Å². The van der Waals surface area contributed by atoms with Crippen LogP contribution in [0.3, 0.4) is 0 Å². The highest BCUT2D eigenvalue weighted by molar-refractivity contribution is 5.95. The Balaban J connectivity index is 1.69. The highest BCUT2D eigenvalue weighted by atomic mass is 16.5. The maximum Gasteiger partial charge on any atom is 0.254 e. The van der Waals surface area contributed by atoms with Gasteiger partial charge in [0, 0.05) is 31.7 Å². The number of benzene rings is 1. The molecule has 1 saturated heterocycles. The third-order valence-electron chi connectivity index (χ3n) is 4.60. The van der Waals surface area contributed by atoms with Crippen molar-refractivity contribution < 1.29 is 14.3 Å². The van der Waals surface area contributed by atoms with Crippen molar-refractivity contribution in [2.75, 3.05) is 45.3 Å². The van der Waals surface area contributed by atoms with Crippen LogP contribution in [0.4, 0.5) is 5.69 Å². The number of nitrogens with one attached hydrogen (secondary N) is 1. The molecule has 134 valence electrons. The minimum Gasteiger partial charge on any atom is -0.493 e. The lowest BCUT2D eigenvalue weighted by Crippen LogP contribution is -2.49. The molecule has 0 saturated carbocycles. The van der Waals surface area contributed by atoms with Crippen LogP contribution in [-0.2, 0) is 0 Å². The number of nitrogens with zero attached hydrogens (tertiary/aromatic N) is 3. The van der Waals surface area contributed by atoms with E-state index in [1.807, 2.05) is 18.7 Å². The maximum atomic E-state index is 12.8. The molecule has 2 heterocycles. The van der Waals surface area contributed by atoms with E-state index in [9.17, 15) is 4.79 Å². The number of carbonyl (C=O) groups excluding carboxylic acids is 1. The minimum atomic E-state index is 0.0150. The molecular formula is C18H24N4O3. The van der Waals surface area contributed by atoms with Gasteiger partial charge in [0.1, 0.15) is 0 Å². The zero-order valence-electron chi connectivity index (χ0n) is 15.1. The molecule has 1 aliphatic heterocycles. The van der Waals surface area contributed by atoms with Gasteiger partial charge in [-0.25, -0.2) is 0 Å². The number of hydrogen-bond acceptors (Lipinski definition) is 5. The highest BCUT2D eigenvalue weighted by Crippen LogP contribution is 2.28. The first-order valence-corrected chi connectivity index (χ1v) is 8.33. The molecule has 1 fully saturated rings. The first kappa shape index (κ1) is 17.1. The Morgan fingerprint density at radius 2 is 1.76 bits per heavy atom. The van der Waals surface area contributed by atoms with Crippen molar-refractivity contribution in [1.29, 1.82) is 0 Å². The van der Waals surface area contributed by atoms with Gasteiger partial charge in [0.05, 0.1) is 31.3 Å². The van der Waals surface area contributed by atoms with Gasteiger partial charge in [-0.05, 0) is 32.0 Å². The third kappa shape index (κ3) is 3.26. The number of aryl methyl sites for hydroxylation is 2. The van der Waals surface area contributed by atoms with Crippen LogP contribution in [0.15, 0.2) is 18.2 Å². The standard InChI is InChI=1S/C18H24N4O3/c1-12-17(13(2)20-19-12)21-7-9-22(10-8-21)18(23)14-5-6-15(24-3)16(11-14)25-4/h5-6,11H,7-10H2,1-4H3,(H,19,20). The van der Waals surface area contributed by atoms with Crippen LogP contribution in [0.25, 0.3) is 0 Å². The quantitative estimate of drug-likeness (QED) is 0.919. The molecule has 0 aliphatic carbocycles. The smallest absolute Gasteiger partial charge is 0.254 e. The van der Waals surface area contributed by atoms with Gasteiger partial charge in [-0.15, -0.1) is 0 Å². The molecule has 1 aromatic carbocycles. The van der Waals surface area contributed by atoms with Crippen molar-refractivity contribution in [1.82, 2.24) is 15.1 Å². The molecule has 0 spiro atoms. The minimum absolute atomic E-state index is 0.0150. The van der Waals surface area contributed by atoms with E-state index < -0.39 is 0 Å². The molecule has 1 aromatic heterocycles. The largest absolute Gasteiger partial charge is 0.493 e. The topological polar surface area (TPSA) is 70.7 Å². The molecule has 1 amide bonds. The zero-order chi connectivity index (χ0) is 18.0. The molecule has 0 unspecified atom stereocenters. The second-order valence-electron chi connectivity index (χ2n) is 6.13. The van der Waals surface area contributed by atoms with Crippen LogP contribution in [0.2, 0.25) is 0 Å². The summed E-state index contributed by atoms with van der Waals surface area (Å²) in [4.78, 5) is 16.9. The van der Waals surface area contributed by atoms with Crippen LogP contribution in [0.5, 0.6) is 11.5 Å². The average Bonchev–Trinajstić information content (AvgIpc) is 2.99. The number of ether oxygens (including phenoxy) is 2. The SMILES string of the molecule is COc1ccc(C(=O)N2CCN(c3c(C)n[nH]c3C)CC2)cc1OC. The Bertz CT molecular complexity index is 744. The Morgan fingerprint density at radius 1 is 1.08 bits per heavy atom. The van der Waals surface area contributed by atoms with Crippen LogP contribution in [-0.4, -0.2) is 61.4 Å². The summed E-state index contributed by atoms with van der Waals surface area (Å²) in [6, 6.07) is 5.28. The van der Waals surface area contributed by atoms with Gasteiger partial charge in [-0.2, -0.15) is 5.10 Å². The monoisotopic (exact) mass is 344 g/mol. The van der Waals surface area contributed by atoms with Gasteiger partial charge < -0.3 is 19.3 Å². The van der Waals surface area contributed by atoms with E-state index in [4.69, 9.17) is 9.47 Å². The summed E-state index contributed by atoms with van der Waals surface area (Å²) in [5, 5.41) is 7.28. The highest BCUT2D eigenvalue weighted by Gasteiger charge is 2.25. The van der Waals surface area contributed by atoms with Crippen molar-refractivity contribution in [2.45, 2.75) is 13.8 Å². The molecule has 0 radical (unpaired) electrons. The van der Waals surface area contributed by atoms with E-state index in [2.05, 4.69) is 15.1 Å². The van der Waals surface area contributed by atoms with E-state index in [0.29, 0.717) is 30.2 Å². The lowest BCUT2D eigenvalue weighted by atomic mass is 10.1. The maximum absolute atomic E-state index is 12.8. The molecule has 1 N–H and O–H groups in total. The van der Waals surface area contributed by atoms with Gasteiger partial charge in [0.15, 0.2) is 11.5 Å². The summed E-state index contributed by atoms with van der Waals surface area (Å²) in [5.74, 6) is 1.20. The average molecular weight is 344 g/mol. The van der Waals surface area contributed by atoms with Crippen molar-refractivity contribution in [2.24, 2.45) is 0 Å². The van der Waals surface area contributed by atoms with Gasteiger partial charge in [0.25, 0.3) is 5.91 Å². The van der Waals surface area contributed by atoms with Crippen LogP contribution in [0.1, 0.15) is 21.7 Å². The van der Waals surface area contributed by atoms with Crippen LogP contribution >= 0.6 is 0 Å². The number of methoxy groups -OCH3 is 2. The summed E-state index contributed by atoms with van der Waals surface area (Å²) < 4.78 is 10.5. The molecule has 0 bridgehead atoms. The van der Waals surface area contributed by atoms with Crippen molar-refractivity contribution in [3.8, 4) is 11.5 Å². The number of rotatable bonds is 4. The van der Waals surface area contributed by atoms with E-state index in [0.717, 1.165) is 30.2 Å². The lowest BCUT2D eigenvalue weighted by molar-refractivity contribution is 0.0746. The molecule has 7 heteroatoms. The van der Waals surface area contributed by atoms with Crippen molar-refractivity contribution in [3.63, 3.8) is 0 Å². The molecule has 7 nitrogen and oxygen atoms in total. The molecule has 0 atom stereocenters. The summed E-state index contributed by atoms with van der Waals surface area (Å²) >= 11 is 0. The Labute approximate surface area is 147 Å². The van der Waals surface area contributed by atoms with E-state index in [-0.39, 0.29) is 5.91 Å². The molecule has 25 heavy (non-hydrogen) atoms. The predicted octanol–water partition coefficient (Wildman–Crippen LogP) is 2.01. The molecule has 1 aliphatic rings. The fourth-order valence-corrected chi connectivity index (χ4v) is 3.30. The van der Waals surface area contributed by atoms with Crippen molar-refractivity contribution in [3.05, 3.63) is 35.2 Å². The Morgan fingerprint density at radius 3 is 2.32 bits per heavy atom. The first-order chi connectivity index (χ1) is 12.0. The second-order valence-corrected chi connectivity index (χ2v) is 6.13. The first-order valence-electron chi connectivity index (χ1n) is 8.33. The van der Waals surface area contributed by atoms with Gasteiger partial charge in [-0.3, -0.25) is 9.89 Å².